The average molecular weight is 254 g/mol. The van der Waals surface area contributed by atoms with Crippen molar-refractivity contribution in [1.29, 1.82) is 0 Å². The van der Waals surface area contributed by atoms with Gasteiger partial charge in [0.2, 0.25) is 0 Å². The minimum atomic E-state index is -0.757. The smallest absolute Gasteiger partial charge is 0.258 e. The second-order valence-electron chi connectivity index (χ2n) is 4.29. The summed E-state index contributed by atoms with van der Waals surface area (Å²) in [6, 6.07) is 4.08. The van der Waals surface area contributed by atoms with Crippen molar-refractivity contribution in [2.45, 2.75) is 38.8 Å². The summed E-state index contributed by atoms with van der Waals surface area (Å²) in [5, 5.41) is 0. The highest BCUT2D eigenvalue weighted by molar-refractivity contribution is 5.78. The number of nitrogens with two attached hydrogens (primary N) is 2. The zero-order valence-corrected chi connectivity index (χ0v) is 10.7. The van der Waals surface area contributed by atoms with Gasteiger partial charge in [-0.3, -0.25) is 4.79 Å². The van der Waals surface area contributed by atoms with Gasteiger partial charge in [-0.05, 0) is 43.5 Å². The Morgan fingerprint density at radius 1 is 1.50 bits per heavy atom. The van der Waals surface area contributed by atoms with Gasteiger partial charge < -0.3 is 16.2 Å². The highest BCUT2D eigenvalue weighted by Crippen LogP contribution is 2.22. The largest absolute Gasteiger partial charge is 0.481 e. The van der Waals surface area contributed by atoms with Gasteiger partial charge in [0.15, 0.2) is 6.10 Å². The molecule has 18 heavy (non-hydrogen) atoms. The number of halogens is 1. The van der Waals surface area contributed by atoms with Gasteiger partial charge >= 0.3 is 0 Å². The third kappa shape index (κ3) is 4.00. The Balaban J connectivity index is 2.92. The van der Waals surface area contributed by atoms with Crippen LogP contribution in [0.5, 0.6) is 5.75 Å². The van der Waals surface area contributed by atoms with E-state index in [4.69, 9.17) is 16.2 Å². The van der Waals surface area contributed by atoms with Crippen molar-refractivity contribution in [3.8, 4) is 5.75 Å². The van der Waals surface area contributed by atoms with E-state index in [2.05, 4.69) is 0 Å². The first-order valence-corrected chi connectivity index (χ1v) is 5.94. The Kier molecular flexibility index (Phi) is 5.09. The van der Waals surface area contributed by atoms with E-state index >= 15 is 0 Å². The van der Waals surface area contributed by atoms with E-state index in [0.717, 1.165) is 6.42 Å². The highest BCUT2D eigenvalue weighted by atomic mass is 19.1. The Morgan fingerprint density at radius 2 is 2.17 bits per heavy atom. The number of primary amides is 1. The molecule has 100 valence electrons. The van der Waals surface area contributed by atoms with Crippen molar-refractivity contribution in [2.24, 2.45) is 11.5 Å². The van der Waals surface area contributed by atoms with E-state index in [-0.39, 0.29) is 11.9 Å². The molecule has 0 aliphatic rings. The van der Waals surface area contributed by atoms with E-state index in [0.29, 0.717) is 17.7 Å². The molecule has 1 aromatic carbocycles. The molecular weight excluding hydrogens is 235 g/mol. The van der Waals surface area contributed by atoms with E-state index in [1.165, 1.54) is 18.2 Å². The summed E-state index contributed by atoms with van der Waals surface area (Å²) >= 11 is 0. The van der Waals surface area contributed by atoms with Crippen LogP contribution in [0.15, 0.2) is 18.2 Å². The van der Waals surface area contributed by atoms with Crippen molar-refractivity contribution in [3.63, 3.8) is 0 Å². The van der Waals surface area contributed by atoms with Crippen LogP contribution in [0, 0.1) is 5.82 Å². The van der Waals surface area contributed by atoms with Crippen LogP contribution in [-0.2, 0) is 11.2 Å². The third-order valence-electron chi connectivity index (χ3n) is 2.73. The van der Waals surface area contributed by atoms with Gasteiger partial charge in [-0.1, -0.05) is 6.92 Å². The number of hydrogen-bond donors (Lipinski definition) is 2. The molecule has 1 amide bonds. The Morgan fingerprint density at radius 3 is 2.72 bits per heavy atom. The summed E-state index contributed by atoms with van der Waals surface area (Å²) < 4.78 is 18.6. The van der Waals surface area contributed by atoms with Gasteiger partial charge in [-0.25, -0.2) is 4.39 Å². The van der Waals surface area contributed by atoms with Gasteiger partial charge in [-0.2, -0.15) is 0 Å². The first-order chi connectivity index (χ1) is 8.43. The van der Waals surface area contributed by atoms with Crippen LogP contribution in [0.3, 0.4) is 0 Å². The Labute approximate surface area is 106 Å². The fourth-order valence-electron chi connectivity index (χ4n) is 1.50. The SMILES string of the molecule is CCC(N)Cc1cc(F)ccc1OC(C)C(N)=O. The summed E-state index contributed by atoms with van der Waals surface area (Å²) in [6.07, 6.45) is 0.517. The number of ether oxygens (including phenoxy) is 1. The summed E-state index contributed by atoms with van der Waals surface area (Å²) in [6.45, 7) is 3.51. The third-order valence-corrected chi connectivity index (χ3v) is 2.73. The molecule has 0 radical (unpaired) electrons. The molecule has 0 spiro atoms. The molecule has 1 aromatic rings. The molecule has 0 heterocycles. The summed E-state index contributed by atoms with van der Waals surface area (Å²) in [7, 11) is 0. The quantitative estimate of drug-likeness (QED) is 0.804. The molecule has 0 fully saturated rings. The van der Waals surface area contributed by atoms with Crippen LogP contribution in [0.25, 0.3) is 0 Å². The van der Waals surface area contributed by atoms with Crippen LogP contribution < -0.4 is 16.2 Å². The molecule has 0 saturated carbocycles. The van der Waals surface area contributed by atoms with E-state index in [1.807, 2.05) is 6.92 Å². The van der Waals surface area contributed by atoms with Crippen molar-refractivity contribution in [1.82, 2.24) is 0 Å². The second kappa shape index (κ2) is 6.35. The first kappa shape index (κ1) is 14.4. The molecule has 2 atom stereocenters. The maximum absolute atomic E-state index is 13.2. The molecule has 5 heteroatoms. The van der Waals surface area contributed by atoms with Gasteiger partial charge in [0.25, 0.3) is 5.91 Å². The summed E-state index contributed by atoms with van der Waals surface area (Å²) in [4.78, 5) is 11.0. The number of amides is 1. The van der Waals surface area contributed by atoms with Crippen LogP contribution in [-0.4, -0.2) is 18.1 Å². The van der Waals surface area contributed by atoms with Crippen LogP contribution in [0.4, 0.5) is 4.39 Å². The van der Waals surface area contributed by atoms with Gasteiger partial charge in [-0.15, -0.1) is 0 Å². The lowest BCUT2D eigenvalue weighted by Gasteiger charge is -2.17. The molecule has 0 aliphatic heterocycles. The predicted octanol–water partition coefficient (Wildman–Crippen LogP) is 1.36. The molecule has 0 saturated heterocycles. The second-order valence-corrected chi connectivity index (χ2v) is 4.29. The number of rotatable bonds is 6. The zero-order chi connectivity index (χ0) is 13.7. The fraction of sp³-hybridized carbons (Fsp3) is 0.462. The standard InChI is InChI=1S/C13H19FN2O2/c1-3-11(15)7-9-6-10(14)4-5-12(9)18-8(2)13(16)17/h4-6,8,11H,3,7,15H2,1-2H3,(H2,16,17). The fourth-order valence-corrected chi connectivity index (χ4v) is 1.50. The van der Waals surface area contributed by atoms with Crippen LogP contribution in [0.1, 0.15) is 25.8 Å². The van der Waals surface area contributed by atoms with Crippen molar-refractivity contribution < 1.29 is 13.9 Å². The molecule has 2 unspecified atom stereocenters. The van der Waals surface area contributed by atoms with E-state index in [1.54, 1.807) is 6.92 Å². The highest BCUT2D eigenvalue weighted by Gasteiger charge is 2.15. The van der Waals surface area contributed by atoms with Crippen LogP contribution >= 0.6 is 0 Å². The maximum atomic E-state index is 13.2. The molecule has 4 nitrogen and oxygen atoms in total. The predicted molar refractivity (Wildman–Crippen MR) is 67.7 cm³/mol. The van der Waals surface area contributed by atoms with Crippen molar-refractivity contribution in [2.75, 3.05) is 0 Å². The summed E-state index contributed by atoms with van der Waals surface area (Å²) in [5.41, 5.74) is 11.6. The lowest BCUT2D eigenvalue weighted by Crippen LogP contribution is -2.31. The molecule has 0 aromatic heterocycles. The topological polar surface area (TPSA) is 78.3 Å². The van der Waals surface area contributed by atoms with E-state index in [9.17, 15) is 9.18 Å². The van der Waals surface area contributed by atoms with Gasteiger partial charge in [0.05, 0.1) is 0 Å². The monoisotopic (exact) mass is 254 g/mol. The molecule has 1 rings (SSSR count). The minimum Gasteiger partial charge on any atom is -0.481 e. The van der Waals surface area contributed by atoms with E-state index < -0.39 is 12.0 Å². The van der Waals surface area contributed by atoms with Crippen LogP contribution in [0.2, 0.25) is 0 Å². The van der Waals surface area contributed by atoms with Crippen molar-refractivity contribution >= 4 is 5.91 Å². The number of hydrogen-bond acceptors (Lipinski definition) is 3. The van der Waals surface area contributed by atoms with Gasteiger partial charge in [0.1, 0.15) is 11.6 Å². The average Bonchev–Trinajstić information content (AvgIpc) is 2.32. The first-order valence-electron chi connectivity index (χ1n) is 5.94. The molecule has 4 N–H and O–H groups in total. The molecule has 0 bridgehead atoms. The molecule has 0 aliphatic carbocycles. The summed E-state index contributed by atoms with van der Waals surface area (Å²) in [5.74, 6) is -0.468. The minimum absolute atomic E-state index is 0.0713. The lowest BCUT2D eigenvalue weighted by molar-refractivity contribution is -0.124. The number of carbonyl (C=O) groups is 1. The Hall–Kier alpha value is -1.62. The molecular formula is C13H19FN2O2. The van der Waals surface area contributed by atoms with Gasteiger partial charge in [0, 0.05) is 6.04 Å². The normalized spacial score (nSPS) is 14.0. The number of benzene rings is 1. The lowest BCUT2D eigenvalue weighted by atomic mass is 10.0. The zero-order valence-electron chi connectivity index (χ0n) is 10.7. The number of carbonyl (C=O) groups excluding carboxylic acids is 1. The van der Waals surface area contributed by atoms with Crippen molar-refractivity contribution in [3.05, 3.63) is 29.6 Å². The Bertz CT molecular complexity index is 423. The maximum Gasteiger partial charge on any atom is 0.258 e.